The number of hydrogen-bond donors (Lipinski definition) is 7. The van der Waals surface area contributed by atoms with Crippen LogP contribution in [0.4, 0.5) is 5.69 Å². The molecular weight excluding hydrogens is 554 g/mol. The minimum atomic E-state index is -0.971. The summed E-state index contributed by atoms with van der Waals surface area (Å²) >= 11 is 6.27. The van der Waals surface area contributed by atoms with Crippen molar-refractivity contribution in [3.8, 4) is 0 Å². The number of guanidine groups is 1. The first-order chi connectivity index (χ1) is 19.0. The van der Waals surface area contributed by atoms with Crippen molar-refractivity contribution in [2.45, 2.75) is 45.2 Å². The molecule has 1 aromatic carbocycles. The summed E-state index contributed by atoms with van der Waals surface area (Å²) in [6, 6.07) is 3.29. The first-order valence-electron chi connectivity index (χ1n) is 13.1. The fourth-order valence-electron chi connectivity index (χ4n) is 3.60. The Morgan fingerprint density at radius 3 is 2.20 bits per heavy atom. The molecule has 0 spiro atoms. The van der Waals surface area contributed by atoms with E-state index < -0.39 is 41.6 Å². The topological polar surface area (TPSA) is 224 Å². The minimum absolute atomic E-state index is 0.0505. The van der Waals surface area contributed by atoms with Crippen LogP contribution in [0.3, 0.4) is 0 Å². The molecule has 0 aliphatic carbocycles. The van der Waals surface area contributed by atoms with Gasteiger partial charge in [0.15, 0.2) is 5.96 Å². The Morgan fingerprint density at radius 1 is 0.976 bits per heavy atom. The highest BCUT2D eigenvalue weighted by atomic mass is 35.5. The van der Waals surface area contributed by atoms with Crippen LogP contribution in [0.5, 0.6) is 0 Å². The van der Waals surface area contributed by atoms with E-state index in [1.807, 2.05) is 27.2 Å². The number of carbonyl (C=O) groups is 5. The molecule has 15 heteroatoms. The number of carbonyl (C=O) groups excluding carboxylic acids is 5. The lowest BCUT2D eigenvalue weighted by atomic mass is 10.0. The molecule has 10 N–H and O–H groups in total. The Morgan fingerprint density at radius 2 is 1.63 bits per heavy atom. The second kappa shape index (κ2) is 16.4. The molecule has 228 valence electrons. The summed E-state index contributed by atoms with van der Waals surface area (Å²) in [5.41, 5.74) is 16.8. The Labute approximate surface area is 245 Å². The van der Waals surface area contributed by atoms with E-state index in [1.54, 1.807) is 26.0 Å². The highest BCUT2D eigenvalue weighted by Gasteiger charge is 2.27. The summed E-state index contributed by atoms with van der Waals surface area (Å²) in [5.74, 6) is -3.19. The highest BCUT2D eigenvalue weighted by Crippen LogP contribution is 2.25. The summed E-state index contributed by atoms with van der Waals surface area (Å²) in [7, 11) is 5.86. The van der Waals surface area contributed by atoms with Crippen LogP contribution in [0, 0.1) is 5.92 Å². The molecule has 0 unspecified atom stereocenters. The van der Waals surface area contributed by atoms with Crippen LogP contribution in [-0.4, -0.2) is 88.4 Å². The summed E-state index contributed by atoms with van der Waals surface area (Å²) in [6.07, 6.45) is 0.426. The monoisotopic (exact) mass is 596 g/mol. The number of nitrogens with two attached hydrogens (primary N) is 3. The van der Waals surface area contributed by atoms with Crippen LogP contribution >= 0.6 is 11.6 Å². The predicted molar refractivity (Wildman–Crippen MR) is 159 cm³/mol. The molecule has 0 aliphatic heterocycles. The molecule has 5 amide bonds. The van der Waals surface area contributed by atoms with Gasteiger partial charge in [0.2, 0.25) is 23.6 Å². The number of nitrogens with one attached hydrogen (secondary N) is 4. The molecule has 0 fully saturated rings. The van der Waals surface area contributed by atoms with Gasteiger partial charge in [0.1, 0.15) is 17.8 Å². The van der Waals surface area contributed by atoms with Crippen LogP contribution in [0.15, 0.2) is 23.2 Å². The van der Waals surface area contributed by atoms with Gasteiger partial charge in [-0.1, -0.05) is 25.4 Å². The van der Waals surface area contributed by atoms with E-state index in [-0.39, 0.29) is 54.9 Å². The lowest BCUT2D eigenvalue weighted by molar-refractivity contribution is -0.130. The second-order valence-electron chi connectivity index (χ2n) is 10.7. The molecule has 0 radical (unpaired) electrons. The fourth-order valence-corrected chi connectivity index (χ4v) is 3.81. The third-order valence-electron chi connectivity index (χ3n) is 5.89. The van der Waals surface area contributed by atoms with E-state index in [0.717, 1.165) is 5.69 Å². The number of halogens is 1. The number of primary amides is 1. The van der Waals surface area contributed by atoms with Crippen molar-refractivity contribution >= 4 is 52.8 Å². The lowest BCUT2D eigenvalue weighted by Crippen LogP contribution is -2.51. The second-order valence-corrected chi connectivity index (χ2v) is 11.1. The third-order valence-corrected chi connectivity index (χ3v) is 6.22. The normalized spacial score (nSPS) is 12.6. The zero-order valence-electron chi connectivity index (χ0n) is 24.3. The Bertz CT molecular complexity index is 1130. The van der Waals surface area contributed by atoms with Gasteiger partial charge >= 0.3 is 0 Å². The van der Waals surface area contributed by atoms with Crippen LogP contribution in [0.2, 0.25) is 5.02 Å². The van der Waals surface area contributed by atoms with Gasteiger partial charge in [0.25, 0.3) is 5.91 Å². The number of rotatable bonds is 16. The van der Waals surface area contributed by atoms with E-state index in [4.69, 9.17) is 28.8 Å². The summed E-state index contributed by atoms with van der Waals surface area (Å²) in [4.78, 5) is 65.8. The Hall–Kier alpha value is -3.91. The summed E-state index contributed by atoms with van der Waals surface area (Å²) in [5, 5.41) is 10.6. The maximum Gasteiger partial charge on any atom is 0.253 e. The third kappa shape index (κ3) is 12.9. The van der Waals surface area contributed by atoms with Crippen molar-refractivity contribution in [2.75, 3.05) is 40.8 Å². The maximum absolute atomic E-state index is 13.0. The van der Waals surface area contributed by atoms with Gasteiger partial charge in [0, 0.05) is 31.6 Å². The molecule has 14 nitrogen and oxygen atoms in total. The van der Waals surface area contributed by atoms with Crippen molar-refractivity contribution in [3.05, 3.63) is 28.8 Å². The van der Waals surface area contributed by atoms with Gasteiger partial charge in [-0.3, -0.25) is 33.4 Å². The average molecular weight is 597 g/mol. The Balaban J connectivity index is 2.77. The molecular formula is C26H43ClN9O5+. The van der Waals surface area contributed by atoms with Crippen molar-refractivity contribution in [2.24, 2.45) is 28.1 Å². The molecule has 41 heavy (non-hydrogen) atoms. The number of aliphatic imine (C=N–C) groups is 1. The number of hydrogen-bond acceptors (Lipinski definition) is 6. The maximum atomic E-state index is 13.0. The number of amides is 5. The summed E-state index contributed by atoms with van der Waals surface area (Å²) < 4.78 is 0.470. The largest absolute Gasteiger partial charge is 0.370 e. The standard InChI is InChI=1S/C26H42ClN9O5/c1-15(2)22(35-23(39)17-13-16(36(3,4)5)8-9-18(17)27)25(41)31-12-10-21(38)34-19(7-6-11-32-26(29)30)24(40)33-14-20(28)37/h8-9,13,15,19,22H,6-7,10-12,14H2,1-5H3,(H9-,28,29,30,31,32,33,34,35,37,38,39,40,41)/p+1/t19-,22-/m0/s1. The number of quaternary nitrogens is 1. The fraction of sp³-hybridized carbons (Fsp3) is 0.538. The molecule has 0 aromatic heterocycles. The Kier molecular flexibility index (Phi) is 14.0. The van der Waals surface area contributed by atoms with Crippen LogP contribution in [0.1, 0.15) is 43.5 Å². The average Bonchev–Trinajstić information content (AvgIpc) is 2.86. The van der Waals surface area contributed by atoms with Crippen molar-refractivity contribution in [1.82, 2.24) is 25.8 Å². The van der Waals surface area contributed by atoms with Crippen molar-refractivity contribution in [3.63, 3.8) is 0 Å². The number of nitrogens with zero attached hydrogens (tertiary/aromatic N) is 2. The molecule has 2 atom stereocenters. The first kappa shape index (κ1) is 35.1. The van der Waals surface area contributed by atoms with Crippen molar-refractivity contribution in [1.29, 1.82) is 0 Å². The predicted octanol–water partition coefficient (Wildman–Crippen LogP) is -1.06. The van der Waals surface area contributed by atoms with E-state index >= 15 is 0 Å². The quantitative estimate of drug-likeness (QED) is 0.0541. The smallest absolute Gasteiger partial charge is 0.253 e. The lowest BCUT2D eigenvalue weighted by Gasteiger charge is -2.25. The van der Waals surface area contributed by atoms with Gasteiger partial charge in [-0.05, 0) is 24.8 Å². The van der Waals surface area contributed by atoms with Crippen LogP contribution in [0.25, 0.3) is 0 Å². The SMILES string of the molecule is CC(C)[C@H](NC(=O)c1cc([N+](C)(C)C)ccc1Cl)C(=O)NCCC(=O)N[C@@H](CCCN=C(N)N)C(=O)NCC(N)=O. The molecule has 0 aliphatic rings. The first-order valence-corrected chi connectivity index (χ1v) is 13.5. The highest BCUT2D eigenvalue weighted by molar-refractivity contribution is 6.34. The van der Waals surface area contributed by atoms with Gasteiger partial charge in [-0.15, -0.1) is 0 Å². The zero-order valence-corrected chi connectivity index (χ0v) is 25.0. The summed E-state index contributed by atoms with van der Waals surface area (Å²) in [6.45, 7) is 3.35. The van der Waals surface area contributed by atoms with E-state index in [2.05, 4.69) is 26.3 Å². The van der Waals surface area contributed by atoms with E-state index in [9.17, 15) is 24.0 Å². The zero-order chi connectivity index (χ0) is 31.3. The van der Waals surface area contributed by atoms with Crippen LogP contribution in [-0.2, 0) is 19.2 Å². The molecule has 1 aromatic rings. The molecule has 0 bridgehead atoms. The van der Waals surface area contributed by atoms with Crippen molar-refractivity contribution < 1.29 is 24.0 Å². The van der Waals surface area contributed by atoms with E-state index in [0.29, 0.717) is 10.9 Å². The molecule has 0 heterocycles. The van der Waals surface area contributed by atoms with Crippen LogP contribution < -0.4 is 43.0 Å². The molecule has 1 rings (SSSR count). The van der Waals surface area contributed by atoms with Gasteiger partial charge in [-0.25, -0.2) is 0 Å². The molecule has 0 saturated carbocycles. The van der Waals surface area contributed by atoms with Gasteiger partial charge in [0.05, 0.1) is 38.3 Å². The minimum Gasteiger partial charge on any atom is -0.370 e. The van der Waals surface area contributed by atoms with Gasteiger partial charge < -0.3 is 38.5 Å². The number of benzene rings is 1. The van der Waals surface area contributed by atoms with E-state index in [1.165, 1.54) is 0 Å². The van der Waals surface area contributed by atoms with Gasteiger partial charge in [-0.2, -0.15) is 0 Å². The molecule has 0 saturated heterocycles.